The van der Waals surface area contributed by atoms with Crippen LogP contribution in [0.1, 0.15) is 5.82 Å². The number of aryl methyl sites for hydroxylation is 1. The number of anilines is 3. The molecule has 0 spiro atoms. The van der Waals surface area contributed by atoms with Crippen LogP contribution < -0.4 is 10.2 Å². The summed E-state index contributed by atoms with van der Waals surface area (Å²) in [7, 11) is 0. The van der Waals surface area contributed by atoms with Crippen molar-refractivity contribution in [3.05, 3.63) is 79.1 Å². The average molecular weight is 693 g/mol. The second-order valence-electron chi connectivity index (χ2n) is 9.96. The van der Waals surface area contributed by atoms with E-state index in [0.29, 0.717) is 5.95 Å². The van der Waals surface area contributed by atoms with E-state index in [1.165, 1.54) is 0 Å². The van der Waals surface area contributed by atoms with Crippen LogP contribution in [-0.4, -0.2) is 90.5 Å². The number of aromatic nitrogens is 6. The molecule has 4 heterocycles. The molecule has 258 valence electrons. The Bertz CT molecular complexity index is 1850. The number of nitrogens with one attached hydrogen (secondary N) is 1. The van der Waals surface area contributed by atoms with Crippen molar-refractivity contribution in [1.82, 2.24) is 29.7 Å². The first-order valence-corrected chi connectivity index (χ1v) is 14.0. The fraction of sp³-hybridized carbons (Fsp3) is 0.233. The Morgan fingerprint density at radius 3 is 2.00 bits per heavy atom. The number of rotatable bonds is 5. The molecule has 3 N–H and O–H groups in total. The molecule has 2 aromatic carbocycles. The number of carboxylic acids is 2. The largest absolute Gasteiger partial charge is 0.490 e. The van der Waals surface area contributed by atoms with Gasteiger partial charge in [-0.05, 0) is 43.3 Å². The molecular formula is C30H26F6N8O5. The molecule has 5 aromatic rings. The number of morpholine rings is 1. The molecule has 1 aliphatic rings. The highest BCUT2D eigenvalue weighted by Gasteiger charge is 2.38. The summed E-state index contributed by atoms with van der Waals surface area (Å²) in [6.45, 7) is 5.07. The topological polar surface area (TPSA) is 168 Å². The summed E-state index contributed by atoms with van der Waals surface area (Å²) in [5.41, 5.74) is 4.74. The molecule has 6 rings (SSSR count). The Hall–Kier alpha value is -5.85. The smallest absolute Gasteiger partial charge is 0.475 e. The predicted octanol–water partition coefficient (Wildman–Crippen LogP) is 5.43. The minimum Gasteiger partial charge on any atom is -0.475 e. The van der Waals surface area contributed by atoms with Crippen molar-refractivity contribution in [1.29, 1.82) is 0 Å². The van der Waals surface area contributed by atoms with Crippen molar-refractivity contribution in [2.45, 2.75) is 19.3 Å². The van der Waals surface area contributed by atoms with Crippen molar-refractivity contribution in [2.75, 3.05) is 36.5 Å². The average Bonchev–Trinajstić information content (AvgIpc) is 3.51. The number of benzene rings is 2. The van der Waals surface area contributed by atoms with Gasteiger partial charge < -0.3 is 25.2 Å². The summed E-state index contributed by atoms with van der Waals surface area (Å²) >= 11 is 0. The lowest BCUT2D eigenvalue weighted by molar-refractivity contribution is -0.193. The number of hydrogen-bond donors (Lipinski definition) is 3. The van der Waals surface area contributed by atoms with E-state index < -0.39 is 24.3 Å². The van der Waals surface area contributed by atoms with Crippen molar-refractivity contribution < 1.29 is 50.9 Å². The predicted molar refractivity (Wildman–Crippen MR) is 163 cm³/mol. The first kappa shape index (κ1) is 36.0. The number of fused-ring (bicyclic) bond motifs is 1. The van der Waals surface area contributed by atoms with Crippen molar-refractivity contribution in [3.8, 4) is 16.8 Å². The van der Waals surface area contributed by atoms with Crippen molar-refractivity contribution in [2.24, 2.45) is 0 Å². The molecular weight excluding hydrogens is 666 g/mol. The van der Waals surface area contributed by atoms with Crippen LogP contribution in [0.4, 0.5) is 43.8 Å². The molecule has 3 aromatic heterocycles. The van der Waals surface area contributed by atoms with Crippen molar-refractivity contribution in [3.63, 3.8) is 0 Å². The molecule has 19 heteroatoms. The Labute approximate surface area is 272 Å². The number of nitrogens with zero attached hydrogens (tertiary/aromatic N) is 7. The zero-order valence-electron chi connectivity index (χ0n) is 25.3. The molecule has 1 fully saturated rings. The van der Waals surface area contributed by atoms with Gasteiger partial charge in [0.15, 0.2) is 0 Å². The highest BCUT2D eigenvalue weighted by Crippen LogP contribution is 2.29. The molecule has 49 heavy (non-hydrogen) atoms. The standard InChI is InChI=1S/C26H24N8O.2C2HF3O2/c1-18-29-17-34(32-18)22-8-6-21(7-9-22)30-26-28-16-20-3-2-4-23(25(20)31-26)19-5-10-24(27-15-19)33-11-13-35-14-12-33;2*3-2(4,5)1(6)7/h2-10,15-17H,11-14H2,1H3,(H,28,30,31);2*(H,6,7). The maximum atomic E-state index is 10.6. The quantitative estimate of drug-likeness (QED) is 0.200. The maximum Gasteiger partial charge on any atom is 0.490 e. The van der Waals surface area contributed by atoms with Gasteiger partial charge in [-0.3, -0.25) is 0 Å². The summed E-state index contributed by atoms with van der Waals surface area (Å²) in [4.78, 5) is 38.3. The number of carboxylic acid groups (broad SMARTS) is 2. The Balaban J connectivity index is 0.000000327. The number of ether oxygens (including phenoxy) is 1. The van der Waals surface area contributed by atoms with Gasteiger partial charge in [-0.25, -0.2) is 34.2 Å². The van der Waals surface area contributed by atoms with Crippen LogP contribution in [0, 0.1) is 6.92 Å². The molecule has 0 radical (unpaired) electrons. The SMILES string of the molecule is Cc1ncn(-c2ccc(Nc3ncc4cccc(-c5ccc(N6CCOCC6)nc5)c4n3)cc2)n1.O=C(O)C(F)(F)F.O=C(O)C(F)(F)F. The Morgan fingerprint density at radius 1 is 0.837 bits per heavy atom. The van der Waals surface area contributed by atoms with Crippen LogP contribution in [0.25, 0.3) is 27.7 Å². The highest BCUT2D eigenvalue weighted by molar-refractivity contribution is 5.93. The zero-order valence-corrected chi connectivity index (χ0v) is 25.3. The normalized spacial score (nSPS) is 13.1. The van der Waals surface area contributed by atoms with Crippen molar-refractivity contribution >= 4 is 40.3 Å². The van der Waals surface area contributed by atoms with Gasteiger partial charge in [0.05, 0.1) is 24.4 Å². The molecule has 1 saturated heterocycles. The van der Waals surface area contributed by atoms with Gasteiger partial charge in [0, 0.05) is 47.7 Å². The van der Waals surface area contributed by atoms with Gasteiger partial charge in [0.2, 0.25) is 5.95 Å². The fourth-order valence-corrected chi connectivity index (χ4v) is 4.17. The third kappa shape index (κ3) is 10.1. The van der Waals surface area contributed by atoms with Crippen LogP contribution in [0.2, 0.25) is 0 Å². The summed E-state index contributed by atoms with van der Waals surface area (Å²) in [5.74, 6) is -3.27. The van der Waals surface area contributed by atoms with E-state index in [9.17, 15) is 26.3 Å². The van der Waals surface area contributed by atoms with E-state index in [1.807, 2.05) is 55.7 Å². The first-order chi connectivity index (χ1) is 23.1. The van der Waals surface area contributed by atoms with Gasteiger partial charge in [-0.2, -0.15) is 31.4 Å². The number of hydrogen-bond acceptors (Lipinski definition) is 10. The van der Waals surface area contributed by atoms with Crippen LogP contribution in [0.3, 0.4) is 0 Å². The molecule has 0 saturated carbocycles. The van der Waals surface area contributed by atoms with Gasteiger partial charge in [-0.1, -0.05) is 18.2 Å². The van der Waals surface area contributed by atoms with Crippen LogP contribution in [0.5, 0.6) is 0 Å². The highest BCUT2D eigenvalue weighted by atomic mass is 19.4. The first-order valence-electron chi connectivity index (χ1n) is 14.0. The van der Waals surface area contributed by atoms with Crippen LogP contribution in [0.15, 0.2) is 73.3 Å². The van der Waals surface area contributed by atoms with E-state index in [-0.39, 0.29) is 0 Å². The molecule has 0 amide bonds. The third-order valence-corrected chi connectivity index (χ3v) is 6.48. The lowest BCUT2D eigenvalue weighted by atomic mass is 10.0. The van der Waals surface area contributed by atoms with Crippen LogP contribution >= 0.6 is 0 Å². The molecule has 13 nitrogen and oxygen atoms in total. The van der Waals surface area contributed by atoms with E-state index in [2.05, 4.69) is 43.5 Å². The van der Waals surface area contributed by atoms with Gasteiger partial charge in [-0.15, -0.1) is 0 Å². The summed E-state index contributed by atoms with van der Waals surface area (Å²) in [6.07, 6.45) is -4.70. The molecule has 0 atom stereocenters. The van der Waals surface area contributed by atoms with E-state index >= 15 is 0 Å². The van der Waals surface area contributed by atoms with E-state index in [4.69, 9.17) is 34.5 Å². The molecule has 0 unspecified atom stereocenters. The van der Waals surface area contributed by atoms with Gasteiger partial charge >= 0.3 is 24.3 Å². The van der Waals surface area contributed by atoms with Gasteiger partial charge in [0.1, 0.15) is 18.0 Å². The second-order valence-corrected chi connectivity index (χ2v) is 9.96. The number of para-hydroxylation sites is 1. The number of pyridine rings is 1. The maximum absolute atomic E-state index is 10.6. The van der Waals surface area contributed by atoms with Gasteiger partial charge in [0.25, 0.3) is 0 Å². The van der Waals surface area contributed by atoms with E-state index in [0.717, 1.165) is 71.4 Å². The molecule has 0 aliphatic carbocycles. The number of alkyl halides is 6. The Morgan fingerprint density at radius 2 is 1.47 bits per heavy atom. The zero-order chi connectivity index (χ0) is 35.8. The summed E-state index contributed by atoms with van der Waals surface area (Å²) < 4.78 is 70.7. The fourth-order valence-electron chi connectivity index (χ4n) is 4.17. The third-order valence-electron chi connectivity index (χ3n) is 6.48. The number of carbonyl (C=O) groups is 2. The molecule has 1 aliphatic heterocycles. The lowest BCUT2D eigenvalue weighted by Crippen LogP contribution is -2.36. The summed E-state index contributed by atoms with van der Waals surface area (Å²) in [5, 5.41) is 22.9. The minimum atomic E-state index is -5.08. The molecule has 0 bridgehead atoms. The summed E-state index contributed by atoms with van der Waals surface area (Å²) in [6, 6.07) is 18.2. The second kappa shape index (κ2) is 15.4. The number of halogens is 6. The van der Waals surface area contributed by atoms with Crippen LogP contribution in [-0.2, 0) is 14.3 Å². The minimum absolute atomic E-state index is 0.534. The number of aliphatic carboxylic acids is 2. The lowest BCUT2D eigenvalue weighted by Gasteiger charge is -2.27. The van der Waals surface area contributed by atoms with E-state index in [1.54, 1.807) is 11.0 Å². The monoisotopic (exact) mass is 692 g/mol. The Kier molecular flexibility index (Phi) is 11.3.